The molecule has 2 heteroatoms. The van der Waals surface area contributed by atoms with E-state index in [2.05, 4.69) is 47.1 Å². The van der Waals surface area contributed by atoms with Gasteiger partial charge in [-0.3, -0.25) is 4.90 Å². The summed E-state index contributed by atoms with van der Waals surface area (Å²) in [5.74, 6) is 6.06. The fourth-order valence-electron chi connectivity index (χ4n) is 1.77. The van der Waals surface area contributed by atoms with Gasteiger partial charge in [-0.25, -0.2) is 0 Å². The van der Waals surface area contributed by atoms with Gasteiger partial charge in [0.05, 0.1) is 0 Å². The zero-order valence-electron chi connectivity index (χ0n) is 10.7. The first kappa shape index (κ1) is 13.8. The third-order valence-electron chi connectivity index (χ3n) is 2.66. The van der Waals surface area contributed by atoms with Crippen LogP contribution in [0.4, 0.5) is 0 Å². The molecule has 0 saturated heterocycles. The molecule has 0 fully saturated rings. The third kappa shape index (κ3) is 6.11. The second-order valence-corrected chi connectivity index (χ2v) is 4.08. The number of hydrogen-bond donors (Lipinski definition) is 1. The molecule has 0 bridgehead atoms. The first-order valence-electron chi connectivity index (χ1n) is 6.22. The van der Waals surface area contributed by atoms with Crippen molar-refractivity contribution in [2.45, 2.75) is 26.3 Å². The van der Waals surface area contributed by atoms with Crippen LogP contribution < -0.4 is 5.73 Å². The van der Waals surface area contributed by atoms with E-state index in [9.17, 15) is 0 Å². The Balaban J connectivity index is 2.46. The van der Waals surface area contributed by atoms with Crippen LogP contribution in [0.2, 0.25) is 0 Å². The summed E-state index contributed by atoms with van der Waals surface area (Å²) >= 11 is 0. The number of rotatable bonds is 7. The van der Waals surface area contributed by atoms with Crippen molar-refractivity contribution >= 4 is 0 Å². The van der Waals surface area contributed by atoms with Gasteiger partial charge in [0.15, 0.2) is 0 Å². The van der Waals surface area contributed by atoms with Gasteiger partial charge in [-0.05, 0) is 32.0 Å². The molecule has 0 aliphatic carbocycles. The molecule has 0 amide bonds. The second-order valence-electron chi connectivity index (χ2n) is 4.08. The second kappa shape index (κ2) is 8.81. The minimum absolute atomic E-state index is 0.755. The molecule has 1 aromatic rings. The van der Waals surface area contributed by atoms with Gasteiger partial charge in [0.25, 0.3) is 0 Å². The molecule has 0 saturated carbocycles. The topological polar surface area (TPSA) is 29.3 Å². The highest BCUT2D eigenvalue weighted by atomic mass is 15.1. The fourth-order valence-corrected chi connectivity index (χ4v) is 1.77. The van der Waals surface area contributed by atoms with E-state index in [1.165, 1.54) is 5.56 Å². The summed E-state index contributed by atoms with van der Waals surface area (Å²) in [5, 5.41) is 0. The van der Waals surface area contributed by atoms with Crippen molar-refractivity contribution in [3.8, 4) is 11.8 Å². The lowest BCUT2D eigenvalue weighted by atomic mass is 10.2. The number of benzene rings is 1. The summed E-state index contributed by atoms with van der Waals surface area (Å²) in [6.45, 7) is 5.71. The van der Waals surface area contributed by atoms with Crippen molar-refractivity contribution in [3.63, 3.8) is 0 Å². The van der Waals surface area contributed by atoms with Gasteiger partial charge in [0, 0.05) is 19.5 Å². The lowest BCUT2D eigenvalue weighted by molar-refractivity contribution is 0.270. The molecule has 1 rings (SSSR count). The molecule has 17 heavy (non-hydrogen) atoms. The first-order chi connectivity index (χ1) is 8.36. The SMILES string of the molecule is CC#CCCN(CCCN)Cc1ccccc1. The minimum Gasteiger partial charge on any atom is -0.330 e. The lowest BCUT2D eigenvalue weighted by Crippen LogP contribution is -2.27. The number of hydrogen-bond acceptors (Lipinski definition) is 2. The van der Waals surface area contributed by atoms with Gasteiger partial charge < -0.3 is 5.73 Å². The average Bonchev–Trinajstić information content (AvgIpc) is 2.37. The molecule has 2 nitrogen and oxygen atoms in total. The van der Waals surface area contributed by atoms with Crippen LogP contribution in [0.15, 0.2) is 30.3 Å². The van der Waals surface area contributed by atoms with E-state index in [1.807, 2.05) is 6.92 Å². The predicted molar refractivity (Wildman–Crippen MR) is 73.5 cm³/mol. The van der Waals surface area contributed by atoms with E-state index >= 15 is 0 Å². The van der Waals surface area contributed by atoms with E-state index < -0.39 is 0 Å². The third-order valence-corrected chi connectivity index (χ3v) is 2.66. The van der Waals surface area contributed by atoms with Crippen LogP contribution in [-0.4, -0.2) is 24.5 Å². The summed E-state index contributed by atoms with van der Waals surface area (Å²) in [7, 11) is 0. The fraction of sp³-hybridized carbons (Fsp3) is 0.467. The molecular weight excluding hydrogens is 208 g/mol. The molecule has 1 aromatic carbocycles. The van der Waals surface area contributed by atoms with Gasteiger partial charge in [0.2, 0.25) is 0 Å². The summed E-state index contributed by atoms with van der Waals surface area (Å²) in [6, 6.07) is 10.6. The van der Waals surface area contributed by atoms with Gasteiger partial charge >= 0.3 is 0 Å². The predicted octanol–water partition coefficient (Wildman–Crippen LogP) is 2.25. The maximum Gasteiger partial charge on any atom is 0.0234 e. The molecule has 0 aliphatic rings. The van der Waals surface area contributed by atoms with Crippen LogP contribution in [-0.2, 0) is 6.54 Å². The van der Waals surface area contributed by atoms with E-state index in [1.54, 1.807) is 0 Å². The van der Waals surface area contributed by atoms with E-state index in [4.69, 9.17) is 5.73 Å². The van der Waals surface area contributed by atoms with Crippen LogP contribution in [0.25, 0.3) is 0 Å². The standard InChI is InChI=1S/C15H22N2/c1-2-3-7-12-17(13-8-11-16)14-15-9-5-4-6-10-15/h4-6,9-10H,7-8,11-14,16H2,1H3. The molecular formula is C15H22N2. The average molecular weight is 230 g/mol. The zero-order valence-corrected chi connectivity index (χ0v) is 10.7. The first-order valence-corrected chi connectivity index (χ1v) is 6.22. The van der Waals surface area contributed by atoms with Crippen LogP contribution in [0, 0.1) is 11.8 Å². The quantitative estimate of drug-likeness (QED) is 0.728. The van der Waals surface area contributed by atoms with Gasteiger partial charge in [-0.15, -0.1) is 11.8 Å². The highest BCUT2D eigenvalue weighted by Crippen LogP contribution is 2.05. The molecule has 0 aliphatic heterocycles. The Morgan fingerprint density at radius 2 is 1.94 bits per heavy atom. The smallest absolute Gasteiger partial charge is 0.0234 e. The molecule has 0 aromatic heterocycles. The van der Waals surface area contributed by atoms with Crippen molar-refractivity contribution in [1.82, 2.24) is 4.90 Å². The summed E-state index contributed by atoms with van der Waals surface area (Å²) in [4.78, 5) is 2.42. The van der Waals surface area contributed by atoms with Crippen molar-refractivity contribution in [2.24, 2.45) is 5.73 Å². The Hall–Kier alpha value is -1.30. The number of nitrogens with two attached hydrogens (primary N) is 1. The van der Waals surface area contributed by atoms with E-state index in [0.29, 0.717) is 0 Å². The van der Waals surface area contributed by atoms with Crippen molar-refractivity contribution in [2.75, 3.05) is 19.6 Å². The Morgan fingerprint density at radius 3 is 2.59 bits per heavy atom. The molecule has 92 valence electrons. The van der Waals surface area contributed by atoms with Gasteiger partial charge in [-0.2, -0.15) is 0 Å². The normalized spacial score (nSPS) is 10.1. The zero-order chi connectivity index (χ0) is 12.3. The summed E-state index contributed by atoms with van der Waals surface area (Å²) < 4.78 is 0. The molecule has 2 N–H and O–H groups in total. The lowest BCUT2D eigenvalue weighted by Gasteiger charge is -2.21. The summed E-state index contributed by atoms with van der Waals surface area (Å²) in [5.41, 5.74) is 6.93. The highest BCUT2D eigenvalue weighted by Gasteiger charge is 2.04. The molecule has 0 unspecified atom stereocenters. The van der Waals surface area contributed by atoms with Crippen LogP contribution >= 0.6 is 0 Å². The Bertz CT molecular complexity index is 348. The Labute approximate surface area is 105 Å². The monoisotopic (exact) mass is 230 g/mol. The van der Waals surface area contributed by atoms with Gasteiger partial charge in [-0.1, -0.05) is 30.3 Å². The largest absolute Gasteiger partial charge is 0.330 e. The number of nitrogens with zero attached hydrogens (tertiary/aromatic N) is 1. The Kier molecular flexibility index (Phi) is 7.13. The van der Waals surface area contributed by atoms with E-state index in [0.717, 1.165) is 39.0 Å². The van der Waals surface area contributed by atoms with Crippen molar-refractivity contribution < 1.29 is 0 Å². The van der Waals surface area contributed by atoms with Crippen LogP contribution in [0.1, 0.15) is 25.3 Å². The van der Waals surface area contributed by atoms with E-state index in [-0.39, 0.29) is 0 Å². The molecule has 0 spiro atoms. The maximum absolute atomic E-state index is 5.57. The molecule has 0 atom stereocenters. The highest BCUT2D eigenvalue weighted by molar-refractivity contribution is 5.14. The Morgan fingerprint density at radius 1 is 1.18 bits per heavy atom. The molecule has 0 heterocycles. The van der Waals surface area contributed by atoms with Crippen LogP contribution in [0.5, 0.6) is 0 Å². The van der Waals surface area contributed by atoms with Crippen molar-refractivity contribution in [3.05, 3.63) is 35.9 Å². The minimum atomic E-state index is 0.755. The molecule has 0 radical (unpaired) electrons. The van der Waals surface area contributed by atoms with Gasteiger partial charge in [0.1, 0.15) is 0 Å². The maximum atomic E-state index is 5.57. The summed E-state index contributed by atoms with van der Waals surface area (Å²) in [6.07, 6.45) is 1.99. The van der Waals surface area contributed by atoms with Crippen LogP contribution in [0.3, 0.4) is 0 Å². The van der Waals surface area contributed by atoms with Crippen molar-refractivity contribution in [1.29, 1.82) is 0 Å².